The van der Waals surface area contributed by atoms with E-state index in [1.807, 2.05) is 26.0 Å². The van der Waals surface area contributed by atoms with Crippen LogP contribution in [-0.2, 0) is 4.79 Å². The molecule has 0 saturated carbocycles. The van der Waals surface area contributed by atoms with Gasteiger partial charge in [0.25, 0.3) is 5.91 Å². The highest BCUT2D eigenvalue weighted by molar-refractivity contribution is 7.24. The van der Waals surface area contributed by atoms with Crippen LogP contribution in [0.4, 0.5) is 0 Å². The number of carboxylic acids is 1. The smallest absolute Gasteiger partial charge is 0.308 e. The third-order valence-corrected chi connectivity index (χ3v) is 6.89. The number of amides is 1. The molecule has 0 aliphatic carbocycles. The Balaban J connectivity index is 1.87. The van der Waals surface area contributed by atoms with Gasteiger partial charge in [-0.25, -0.2) is 4.98 Å². The Morgan fingerprint density at radius 3 is 2.75 bits per heavy atom. The molecule has 0 aromatic carbocycles. The van der Waals surface area contributed by atoms with Crippen LogP contribution in [0, 0.1) is 12.8 Å². The molecule has 0 radical (unpaired) electrons. The van der Waals surface area contributed by atoms with Crippen LogP contribution in [-0.4, -0.2) is 39.5 Å². The monoisotopic (exact) mass is 384 g/mol. The van der Waals surface area contributed by atoms with E-state index in [4.69, 9.17) is 11.6 Å². The molecule has 128 valence electrons. The van der Waals surface area contributed by atoms with Gasteiger partial charge < -0.3 is 10.0 Å². The number of aromatic nitrogens is 1. The van der Waals surface area contributed by atoms with Crippen molar-refractivity contribution in [2.45, 2.75) is 32.7 Å². The number of carboxylic acid groups (broad SMARTS) is 1. The van der Waals surface area contributed by atoms with E-state index in [-0.39, 0.29) is 11.9 Å². The summed E-state index contributed by atoms with van der Waals surface area (Å²) in [7, 11) is 0. The number of nitrogens with zero attached hydrogens (tertiary/aromatic N) is 2. The summed E-state index contributed by atoms with van der Waals surface area (Å²) in [5.74, 6) is -1.47. The van der Waals surface area contributed by atoms with Gasteiger partial charge in [0.05, 0.1) is 20.8 Å². The molecular formula is C16H17ClN2O3S2. The molecule has 1 N–H and O–H groups in total. The summed E-state index contributed by atoms with van der Waals surface area (Å²) in [6, 6.07) is 3.39. The van der Waals surface area contributed by atoms with E-state index >= 15 is 0 Å². The lowest BCUT2D eigenvalue weighted by molar-refractivity contribution is -0.144. The first-order valence-electron chi connectivity index (χ1n) is 7.65. The molecule has 0 unspecified atom stereocenters. The predicted molar refractivity (Wildman–Crippen MR) is 96.0 cm³/mol. The molecule has 2 atom stereocenters. The van der Waals surface area contributed by atoms with Crippen LogP contribution in [0.2, 0.25) is 4.34 Å². The second-order valence-electron chi connectivity index (χ2n) is 5.86. The van der Waals surface area contributed by atoms with E-state index in [0.717, 1.165) is 9.88 Å². The number of likely N-dealkylation sites (tertiary alicyclic amines) is 1. The second-order valence-corrected chi connectivity index (χ2v) is 8.58. The normalized spacial score (nSPS) is 21.0. The summed E-state index contributed by atoms with van der Waals surface area (Å²) in [6.07, 6.45) is 1.32. The first-order valence-corrected chi connectivity index (χ1v) is 9.66. The number of halogens is 1. The molecule has 8 heteroatoms. The van der Waals surface area contributed by atoms with Crippen molar-refractivity contribution in [3.8, 4) is 9.88 Å². The highest BCUT2D eigenvalue weighted by Gasteiger charge is 2.36. The Kier molecular flexibility index (Phi) is 4.94. The number of thiophene rings is 1. The zero-order valence-corrected chi connectivity index (χ0v) is 15.7. The summed E-state index contributed by atoms with van der Waals surface area (Å²) < 4.78 is 0.680. The van der Waals surface area contributed by atoms with E-state index in [1.54, 1.807) is 4.90 Å². The van der Waals surface area contributed by atoms with Crippen LogP contribution in [0.25, 0.3) is 9.88 Å². The van der Waals surface area contributed by atoms with Crippen molar-refractivity contribution in [2.24, 2.45) is 5.92 Å². The fraction of sp³-hybridized carbons (Fsp3) is 0.438. The summed E-state index contributed by atoms with van der Waals surface area (Å²) in [6.45, 7) is 4.21. The Bertz CT molecular complexity index is 786. The number of carbonyl (C=O) groups excluding carboxylic acids is 1. The SMILES string of the molecule is Cc1nc(-c2ccc(Cl)s2)sc1C(=O)N1CCC[C@@H](C(=O)O)[C@H]1C. The Morgan fingerprint density at radius 2 is 2.12 bits per heavy atom. The van der Waals surface area contributed by atoms with Crippen molar-refractivity contribution in [1.82, 2.24) is 9.88 Å². The molecule has 3 heterocycles. The van der Waals surface area contributed by atoms with Crippen molar-refractivity contribution in [3.63, 3.8) is 0 Å². The molecule has 3 rings (SSSR count). The van der Waals surface area contributed by atoms with Crippen LogP contribution in [0.15, 0.2) is 12.1 Å². The molecule has 5 nitrogen and oxygen atoms in total. The standard InChI is InChI=1S/C16H17ClN2O3S2/c1-8-13(24-14(18-8)11-5-6-12(17)23-11)15(20)19-7-3-4-10(9(19)2)16(21)22/h5-6,9-10H,3-4,7H2,1-2H3,(H,21,22)/t9-,10-/m1/s1. The Labute approximate surface area is 152 Å². The maximum Gasteiger partial charge on any atom is 0.308 e. The number of rotatable bonds is 3. The average Bonchev–Trinajstić information content (AvgIpc) is 3.12. The number of aryl methyl sites for hydroxylation is 1. The third-order valence-electron chi connectivity index (χ3n) is 4.34. The van der Waals surface area contributed by atoms with Gasteiger partial charge in [0.15, 0.2) is 0 Å². The highest BCUT2D eigenvalue weighted by Crippen LogP contribution is 2.36. The molecule has 0 bridgehead atoms. The molecule has 1 saturated heterocycles. The molecule has 1 fully saturated rings. The summed E-state index contributed by atoms with van der Waals surface area (Å²) in [5, 5.41) is 10.1. The first kappa shape index (κ1) is 17.4. The quantitative estimate of drug-likeness (QED) is 0.862. The largest absolute Gasteiger partial charge is 0.481 e. The third kappa shape index (κ3) is 3.20. The van der Waals surface area contributed by atoms with Gasteiger partial charge in [-0.1, -0.05) is 11.6 Å². The predicted octanol–water partition coefficient (Wildman–Crippen LogP) is 4.16. The summed E-state index contributed by atoms with van der Waals surface area (Å²) in [4.78, 5) is 32.0. The lowest BCUT2D eigenvalue weighted by Crippen LogP contribution is -2.49. The fourth-order valence-electron chi connectivity index (χ4n) is 3.02. The van der Waals surface area contributed by atoms with Crippen LogP contribution >= 0.6 is 34.3 Å². The minimum absolute atomic E-state index is 0.127. The van der Waals surface area contributed by atoms with Gasteiger partial charge in [-0.05, 0) is 38.8 Å². The Morgan fingerprint density at radius 1 is 1.38 bits per heavy atom. The van der Waals surface area contributed by atoms with Crippen LogP contribution < -0.4 is 0 Å². The van der Waals surface area contributed by atoms with Crippen LogP contribution in [0.5, 0.6) is 0 Å². The van der Waals surface area contributed by atoms with Crippen LogP contribution in [0.3, 0.4) is 0 Å². The van der Waals surface area contributed by atoms with E-state index in [2.05, 4.69) is 4.98 Å². The van der Waals surface area contributed by atoms with Gasteiger partial charge >= 0.3 is 5.97 Å². The van der Waals surface area contributed by atoms with Gasteiger partial charge in [-0.3, -0.25) is 9.59 Å². The van der Waals surface area contributed by atoms with Gasteiger partial charge in [0.1, 0.15) is 9.88 Å². The van der Waals surface area contributed by atoms with Crippen molar-refractivity contribution in [3.05, 3.63) is 27.0 Å². The highest BCUT2D eigenvalue weighted by atomic mass is 35.5. The molecule has 1 aliphatic heterocycles. The molecule has 2 aromatic rings. The van der Waals surface area contributed by atoms with Crippen molar-refractivity contribution >= 4 is 46.2 Å². The number of hydrogen-bond acceptors (Lipinski definition) is 5. The maximum atomic E-state index is 12.9. The van der Waals surface area contributed by atoms with Crippen molar-refractivity contribution in [2.75, 3.05) is 6.54 Å². The number of carbonyl (C=O) groups is 2. The number of thiazole rings is 1. The molecule has 0 spiro atoms. The fourth-order valence-corrected chi connectivity index (χ4v) is 5.14. The molecule has 1 amide bonds. The number of piperidine rings is 1. The van der Waals surface area contributed by atoms with E-state index < -0.39 is 11.9 Å². The summed E-state index contributed by atoms with van der Waals surface area (Å²) in [5.41, 5.74) is 0.675. The van der Waals surface area contributed by atoms with Crippen molar-refractivity contribution in [1.29, 1.82) is 0 Å². The Hall–Kier alpha value is -1.44. The van der Waals surface area contributed by atoms with Crippen LogP contribution in [0.1, 0.15) is 35.1 Å². The number of aliphatic carboxylic acids is 1. The van der Waals surface area contributed by atoms with E-state index in [1.165, 1.54) is 22.7 Å². The maximum absolute atomic E-state index is 12.9. The van der Waals surface area contributed by atoms with Gasteiger partial charge in [0, 0.05) is 12.6 Å². The first-order chi connectivity index (χ1) is 11.4. The zero-order chi connectivity index (χ0) is 17.4. The minimum atomic E-state index is -0.838. The minimum Gasteiger partial charge on any atom is -0.481 e. The number of hydrogen-bond donors (Lipinski definition) is 1. The van der Waals surface area contributed by atoms with Gasteiger partial charge in [0.2, 0.25) is 0 Å². The molecule has 24 heavy (non-hydrogen) atoms. The molecule has 1 aliphatic rings. The lowest BCUT2D eigenvalue weighted by atomic mass is 9.90. The zero-order valence-electron chi connectivity index (χ0n) is 13.3. The van der Waals surface area contributed by atoms with Gasteiger partial charge in [-0.15, -0.1) is 22.7 Å². The average molecular weight is 385 g/mol. The summed E-state index contributed by atoms with van der Waals surface area (Å²) >= 11 is 8.74. The topological polar surface area (TPSA) is 70.5 Å². The van der Waals surface area contributed by atoms with E-state index in [9.17, 15) is 14.7 Å². The lowest BCUT2D eigenvalue weighted by Gasteiger charge is -2.37. The van der Waals surface area contributed by atoms with Gasteiger partial charge in [-0.2, -0.15) is 0 Å². The second kappa shape index (κ2) is 6.82. The molecule has 2 aromatic heterocycles. The van der Waals surface area contributed by atoms with Crippen molar-refractivity contribution < 1.29 is 14.7 Å². The molecular weight excluding hydrogens is 368 g/mol. The van der Waals surface area contributed by atoms with E-state index in [0.29, 0.717) is 34.3 Å².